The van der Waals surface area contributed by atoms with Crippen molar-refractivity contribution in [3.05, 3.63) is 18.2 Å². The molecular weight excluding hydrogens is 210 g/mol. The second-order valence-electron chi connectivity index (χ2n) is 5.32. The van der Waals surface area contributed by atoms with Gasteiger partial charge < -0.3 is 9.88 Å². The minimum atomic E-state index is 0.694. The maximum absolute atomic E-state index is 4.40. The van der Waals surface area contributed by atoms with Gasteiger partial charge in [0.05, 0.1) is 0 Å². The van der Waals surface area contributed by atoms with E-state index in [1.54, 1.807) is 0 Å². The molecule has 0 aromatic carbocycles. The van der Waals surface area contributed by atoms with E-state index < -0.39 is 0 Å². The highest BCUT2D eigenvalue weighted by Gasteiger charge is 2.25. The third-order valence-electron chi connectivity index (χ3n) is 3.64. The van der Waals surface area contributed by atoms with Crippen LogP contribution in [-0.2, 0) is 13.5 Å². The lowest BCUT2D eigenvalue weighted by Gasteiger charge is -2.18. The van der Waals surface area contributed by atoms with E-state index in [1.807, 2.05) is 12.4 Å². The Morgan fingerprint density at radius 3 is 2.94 bits per heavy atom. The van der Waals surface area contributed by atoms with Crippen molar-refractivity contribution in [3.63, 3.8) is 0 Å². The van der Waals surface area contributed by atoms with E-state index in [2.05, 4.69) is 28.8 Å². The molecule has 0 bridgehead atoms. The van der Waals surface area contributed by atoms with Crippen LogP contribution < -0.4 is 5.32 Å². The molecule has 1 unspecified atom stereocenters. The average Bonchev–Trinajstić information content (AvgIpc) is 3.05. The van der Waals surface area contributed by atoms with Crippen molar-refractivity contribution in [3.8, 4) is 0 Å². The van der Waals surface area contributed by atoms with E-state index in [0.717, 1.165) is 18.9 Å². The molecule has 0 spiro atoms. The summed E-state index contributed by atoms with van der Waals surface area (Å²) in [6.07, 6.45) is 11.7. The van der Waals surface area contributed by atoms with Gasteiger partial charge in [0.15, 0.2) is 0 Å². The van der Waals surface area contributed by atoms with Gasteiger partial charge in [-0.3, -0.25) is 0 Å². The summed E-state index contributed by atoms with van der Waals surface area (Å²) in [6, 6.07) is 0.694. The Labute approximate surface area is 105 Å². The second-order valence-corrected chi connectivity index (χ2v) is 5.32. The monoisotopic (exact) mass is 235 g/mol. The number of nitrogens with one attached hydrogen (secondary N) is 1. The lowest BCUT2D eigenvalue weighted by molar-refractivity contribution is 0.428. The highest BCUT2D eigenvalue weighted by molar-refractivity contribution is 4.92. The van der Waals surface area contributed by atoms with Gasteiger partial charge in [-0.1, -0.05) is 19.8 Å². The zero-order chi connectivity index (χ0) is 12.1. The Hall–Kier alpha value is -0.830. The molecule has 3 heteroatoms. The van der Waals surface area contributed by atoms with E-state index in [4.69, 9.17) is 0 Å². The molecule has 0 saturated heterocycles. The lowest BCUT2D eigenvalue weighted by atomic mass is 10.0. The quantitative estimate of drug-likeness (QED) is 0.750. The van der Waals surface area contributed by atoms with Crippen LogP contribution in [0, 0.1) is 5.92 Å². The van der Waals surface area contributed by atoms with Gasteiger partial charge in [0.2, 0.25) is 0 Å². The van der Waals surface area contributed by atoms with Crippen LogP contribution in [0.5, 0.6) is 0 Å². The zero-order valence-electron chi connectivity index (χ0n) is 11.2. The van der Waals surface area contributed by atoms with Crippen molar-refractivity contribution in [2.24, 2.45) is 13.0 Å². The van der Waals surface area contributed by atoms with Crippen molar-refractivity contribution in [1.82, 2.24) is 14.9 Å². The fraction of sp³-hybridized carbons (Fsp3) is 0.786. The second kappa shape index (κ2) is 6.20. The van der Waals surface area contributed by atoms with Crippen molar-refractivity contribution >= 4 is 0 Å². The number of imidazole rings is 1. The van der Waals surface area contributed by atoms with Gasteiger partial charge in [0, 0.05) is 31.9 Å². The van der Waals surface area contributed by atoms with Gasteiger partial charge in [-0.2, -0.15) is 0 Å². The van der Waals surface area contributed by atoms with E-state index in [-0.39, 0.29) is 0 Å². The topological polar surface area (TPSA) is 29.9 Å². The number of aryl methyl sites for hydroxylation is 2. The van der Waals surface area contributed by atoms with E-state index in [0.29, 0.717) is 6.04 Å². The summed E-state index contributed by atoms with van der Waals surface area (Å²) in [5.41, 5.74) is 0. The van der Waals surface area contributed by atoms with Gasteiger partial charge in [0.25, 0.3) is 0 Å². The highest BCUT2D eigenvalue weighted by atomic mass is 15.0. The normalized spacial score (nSPS) is 17.3. The van der Waals surface area contributed by atoms with Crippen LogP contribution in [0.3, 0.4) is 0 Å². The summed E-state index contributed by atoms with van der Waals surface area (Å²) < 4.78 is 2.13. The van der Waals surface area contributed by atoms with Gasteiger partial charge in [-0.15, -0.1) is 0 Å². The van der Waals surface area contributed by atoms with Crippen LogP contribution in [0.2, 0.25) is 0 Å². The minimum absolute atomic E-state index is 0.694. The summed E-state index contributed by atoms with van der Waals surface area (Å²) in [5, 5.41) is 3.69. The maximum Gasteiger partial charge on any atom is 0.108 e. The predicted octanol–water partition coefficient (Wildman–Crippen LogP) is 2.52. The van der Waals surface area contributed by atoms with Crippen molar-refractivity contribution in [1.29, 1.82) is 0 Å². The van der Waals surface area contributed by atoms with Crippen LogP contribution in [0.1, 0.15) is 44.9 Å². The molecule has 1 atom stereocenters. The number of aromatic nitrogens is 2. The third kappa shape index (κ3) is 4.15. The van der Waals surface area contributed by atoms with Gasteiger partial charge in [0.1, 0.15) is 5.82 Å². The Bertz CT molecular complexity index is 328. The molecule has 1 saturated carbocycles. The van der Waals surface area contributed by atoms with Gasteiger partial charge in [-0.05, 0) is 31.7 Å². The standard InChI is InChI=1S/C14H25N3/c1-3-8-15-13(11-12-4-5-12)6-7-14-16-9-10-17(14)2/h9-10,12-13,15H,3-8,11H2,1-2H3. The molecule has 17 heavy (non-hydrogen) atoms. The first-order valence-corrected chi connectivity index (χ1v) is 6.99. The van der Waals surface area contributed by atoms with Gasteiger partial charge >= 0.3 is 0 Å². The molecule has 1 N–H and O–H groups in total. The molecule has 0 amide bonds. The maximum atomic E-state index is 4.40. The van der Waals surface area contributed by atoms with Crippen LogP contribution in [0.15, 0.2) is 12.4 Å². The Kier molecular flexibility index (Phi) is 4.60. The van der Waals surface area contributed by atoms with Crippen molar-refractivity contribution < 1.29 is 0 Å². The van der Waals surface area contributed by atoms with Crippen molar-refractivity contribution in [2.45, 2.75) is 51.5 Å². The molecular formula is C14H25N3. The molecule has 0 aliphatic heterocycles. The molecule has 1 aliphatic rings. The third-order valence-corrected chi connectivity index (χ3v) is 3.64. The molecule has 1 fully saturated rings. The van der Waals surface area contributed by atoms with E-state index >= 15 is 0 Å². The summed E-state index contributed by atoms with van der Waals surface area (Å²) >= 11 is 0. The average molecular weight is 235 g/mol. The van der Waals surface area contributed by atoms with Crippen LogP contribution in [0.25, 0.3) is 0 Å². The number of hydrogen-bond donors (Lipinski definition) is 1. The summed E-state index contributed by atoms with van der Waals surface area (Å²) in [6.45, 7) is 3.39. The van der Waals surface area contributed by atoms with Crippen LogP contribution in [-0.4, -0.2) is 22.1 Å². The summed E-state index contributed by atoms with van der Waals surface area (Å²) in [5.74, 6) is 2.22. The molecule has 96 valence electrons. The fourth-order valence-electron chi connectivity index (χ4n) is 2.35. The van der Waals surface area contributed by atoms with Crippen molar-refractivity contribution in [2.75, 3.05) is 6.54 Å². The van der Waals surface area contributed by atoms with Crippen LogP contribution >= 0.6 is 0 Å². The Morgan fingerprint density at radius 1 is 1.53 bits per heavy atom. The van der Waals surface area contributed by atoms with Crippen LogP contribution in [0.4, 0.5) is 0 Å². The number of hydrogen-bond acceptors (Lipinski definition) is 2. The summed E-state index contributed by atoms with van der Waals surface area (Å²) in [7, 11) is 2.08. The zero-order valence-corrected chi connectivity index (χ0v) is 11.2. The largest absolute Gasteiger partial charge is 0.338 e. The lowest BCUT2D eigenvalue weighted by Crippen LogP contribution is -2.31. The van der Waals surface area contributed by atoms with E-state index in [9.17, 15) is 0 Å². The first-order valence-electron chi connectivity index (χ1n) is 6.99. The molecule has 1 heterocycles. The fourth-order valence-corrected chi connectivity index (χ4v) is 2.35. The molecule has 3 nitrogen and oxygen atoms in total. The number of nitrogens with zero attached hydrogens (tertiary/aromatic N) is 2. The first kappa shape index (κ1) is 12.6. The molecule has 2 rings (SSSR count). The Balaban J connectivity index is 1.77. The minimum Gasteiger partial charge on any atom is -0.338 e. The highest BCUT2D eigenvalue weighted by Crippen LogP contribution is 2.34. The molecule has 1 aromatic heterocycles. The molecule has 1 aromatic rings. The summed E-state index contributed by atoms with van der Waals surface area (Å²) in [4.78, 5) is 4.40. The Morgan fingerprint density at radius 2 is 2.35 bits per heavy atom. The SMILES string of the molecule is CCCNC(CCc1nccn1C)CC1CC1. The van der Waals surface area contributed by atoms with E-state index in [1.165, 1.54) is 37.9 Å². The first-order chi connectivity index (χ1) is 8.29. The smallest absolute Gasteiger partial charge is 0.108 e. The molecule has 0 radical (unpaired) electrons. The van der Waals surface area contributed by atoms with Gasteiger partial charge in [-0.25, -0.2) is 4.98 Å². The number of rotatable bonds is 8. The predicted molar refractivity (Wildman–Crippen MR) is 71.0 cm³/mol. The molecule has 1 aliphatic carbocycles.